The van der Waals surface area contributed by atoms with E-state index in [-0.39, 0.29) is 11.8 Å². The third kappa shape index (κ3) is 14.4. The number of carbonyl (C=O) groups excluding carboxylic acids is 2. The van der Waals surface area contributed by atoms with Crippen LogP contribution in [-0.4, -0.2) is 30.1 Å². The number of aliphatic hydroxyl groups excluding tert-OH is 1. The van der Waals surface area contributed by atoms with Crippen molar-refractivity contribution in [3.05, 3.63) is 0 Å². The summed E-state index contributed by atoms with van der Waals surface area (Å²) in [5, 5.41) is 9.86. The van der Waals surface area contributed by atoms with Gasteiger partial charge in [0.25, 0.3) is 0 Å². The van der Waals surface area contributed by atoms with Gasteiger partial charge < -0.3 is 9.84 Å². The number of hydrogen-bond donors (Lipinski definition) is 1. The fraction of sp³-hybridized carbons (Fsp3) is 0.895. The van der Waals surface area contributed by atoms with Crippen molar-refractivity contribution < 1.29 is 19.4 Å². The molecule has 0 aromatic carbocycles. The van der Waals surface area contributed by atoms with Gasteiger partial charge in [-0.05, 0) is 19.3 Å². The van der Waals surface area contributed by atoms with Crippen LogP contribution in [0.15, 0.2) is 0 Å². The van der Waals surface area contributed by atoms with Gasteiger partial charge in [0.05, 0.1) is 7.11 Å². The number of esters is 1. The molecular weight excluding hydrogens is 292 g/mol. The molecule has 136 valence electrons. The number of ketones is 1. The van der Waals surface area contributed by atoms with E-state index in [1.807, 2.05) is 0 Å². The predicted octanol–water partition coefficient (Wildman–Crippen LogP) is 4.57. The van der Waals surface area contributed by atoms with E-state index in [9.17, 15) is 14.7 Å². The first-order valence-corrected chi connectivity index (χ1v) is 9.39. The molecular formula is C19H36O4. The Kier molecular flexibility index (Phi) is 15.4. The average molecular weight is 328 g/mol. The maximum Gasteiger partial charge on any atom is 0.305 e. The second-order valence-electron chi connectivity index (χ2n) is 6.38. The molecule has 0 radical (unpaired) electrons. The van der Waals surface area contributed by atoms with Crippen molar-refractivity contribution in [1.82, 2.24) is 0 Å². The van der Waals surface area contributed by atoms with Gasteiger partial charge in [-0.2, -0.15) is 0 Å². The van der Waals surface area contributed by atoms with Gasteiger partial charge in [-0.3, -0.25) is 9.59 Å². The lowest BCUT2D eigenvalue weighted by molar-refractivity contribution is -0.140. The largest absolute Gasteiger partial charge is 0.469 e. The summed E-state index contributed by atoms with van der Waals surface area (Å²) in [5.41, 5.74) is 0. The lowest BCUT2D eigenvalue weighted by Gasteiger charge is -2.09. The monoisotopic (exact) mass is 328 g/mol. The smallest absolute Gasteiger partial charge is 0.305 e. The summed E-state index contributed by atoms with van der Waals surface area (Å²) in [6, 6.07) is 0. The first-order valence-electron chi connectivity index (χ1n) is 9.39. The van der Waals surface area contributed by atoms with Gasteiger partial charge in [0.15, 0.2) is 5.78 Å². The summed E-state index contributed by atoms with van der Waals surface area (Å²) in [5.74, 6) is -0.146. The summed E-state index contributed by atoms with van der Waals surface area (Å²) >= 11 is 0. The Morgan fingerprint density at radius 1 is 0.826 bits per heavy atom. The van der Waals surface area contributed by atoms with E-state index < -0.39 is 6.10 Å². The van der Waals surface area contributed by atoms with Gasteiger partial charge in [-0.15, -0.1) is 0 Å². The van der Waals surface area contributed by atoms with Crippen molar-refractivity contribution in [1.29, 1.82) is 0 Å². The number of ether oxygens (including phenoxy) is 1. The number of Topliss-reactive ketones (excluding diaryl/α,β-unsaturated/α-hetero) is 1. The van der Waals surface area contributed by atoms with Crippen LogP contribution in [0.4, 0.5) is 0 Å². The normalized spacial score (nSPS) is 12.1. The molecule has 0 heterocycles. The van der Waals surface area contributed by atoms with Crippen LogP contribution < -0.4 is 0 Å². The van der Waals surface area contributed by atoms with Crippen LogP contribution in [0.1, 0.15) is 96.8 Å². The molecule has 0 aliphatic heterocycles. The zero-order valence-electron chi connectivity index (χ0n) is 15.1. The zero-order chi connectivity index (χ0) is 17.3. The Labute approximate surface area is 142 Å². The highest BCUT2D eigenvalue weighted by Crippen LogP contribution is 2.12. The zero-order valence-corrected chi connectivity index (χ0v) is 15.1. The summed E-state index contributed by atoms with van der Waals surface area (Å²) < 4.78 is 4.59. The van der Waals surface area contributed by atoms with Crippen LogP contribution in [0, 0.1) is 0 Å². The van der Waals surface area contributed by atoms with Crippen molar-refractivity contribution in [3.63, 3.8) is 0 Å². The van der Waals surface area contributed by atoms with Gasteiger partial charge in [-0.1, -0.05) is 64.7 Å². The Bertz CT molecular complexity index is 302. The summed E-state index contributed by atoms with van der Waals surface area (Å²) in [7, 11) is 1.41. The van der Waals surface area contributed by atoms with Gasteiger partial charge in [-0.25, -0.2) is 0 Å². The van der Waals surface area contributed by atoms with E-state index in [1.165, 1.54) is 32.8 Å². The van der Waals surface area contributed by atoms with E-state index in [2.05, 4.69) is 11.7 Å². The summed E-state index contributed by atoms with van der Waals surface area (Å²) in [6.07, 6.45) is 12.5. The first kappa shape index (κ1) is 22.1. The Hall–Kier alpha value is -0.900. The maximum absolute atomic E-state index is 11.8. The highest BCUT2D eigenvalue weighted by molar-refractivity contribution is 5.82. The second kappa shape index (κ2) is 16.0. The SMILES string of the molecule is CCCCCCCCC(=O)C(O)CCCCCCCC(=O)OC. The van der Waals surface area contributed by atoms with Crippen molar-refractivity contribution in [2.24, 2.45) is 0 Å². The number of rotatable bonds is 16. The van der Waals surface area contributed by atoms with Crippen LogP contribution in [0.2, 0.25) is 0 Å². The topological polar surface area (TPSA) is 63.6 Å². The molecule has 0 fully saturated rings. The van der Waals surface area contributed by atoms with E-state index in [4.69, 9.17) is 0 Å². The van der Waals surface area contributed by atoms with E-state index in [0.29, 0.717) is 19.3 Å². The average Bonchev–Trinajstić information content (AvgIpc) is 2.56. The van der Waals surface area contributed by atoms with Gasteiger partial charge in [0.2, 0.25) is 0 Å². The number of carbonyl (C=O) groups is 2. The molecule has 0 rings (SSSR count). The molecule has 0 aliphatic carbocycles. The number of aliphatic hydroxyl groups is 1. The molecule has 0 spiro atoms. The summed E-state index contributed by atoms with van der Waals surface area (Å²) in [6.45, 7) is 2.19. The molecule has 1 atom stereocenters. The van der Waals surface area contributed by atoms with E-state index >= 15 is 0 Å². The first-order chi connectivity index (χ1) is 11.1. The lowest BCUT2D eigenvalue weighted by Crippen LogP contribution is -2.19. The lowest BCUT2D eigenvalue weighted by atomic mass is 10.0. The number of methoxy groups -OCH3 is 1. The van der Waals surface area contributed by atoms with Crippen molar-refractivity contribution in [2.45, 2.75) is 103 Å². The van der Waals surface area contributed by atoms with Gasteiger partial charge in [0, 0.05) is 12.8 Å². The highest BCUT2D eigenvalue weighted by Gasteiger charge is 2.13. The van der Waals surface area contributed by atoms with Crippen molar-refractivity contribution in [2.75, 3.05) is 7.11 Å². The van der Waals surface area contributed by atoms with Crippen LogP contribution in [-0.2, 0) is 14.3 Å². The molecule has 0 aliphatic rings. The van der Waals surface area contributed by atoms with E-state index in [1.54, 1.807) is 0 Å². The molecule has 4 heteroatoms. The fourth-order valence-corrected chi connectivity index (χ4v) is 2.65. The third-order valence-electron chi connectivity index (χ3n) is 4.23. The van der Waals surface area contributed by atoms with Crippen LogP contribution >= 0.6 is 0 Å². The predicted molar refractivity (Wildman–Crippen MR) is 93.3 cm³/mol. The standard InChI is InChI=1S/C19H36O4/c1-3-4-5-6-8-11-14-17(20)18(21)15-12-9-7-10-13-16-19(22)23-2/h18,21H,3-16H2,1-2H3. The molecule has 0 saturated heterocycles. The maximum atomic E-state index is 11.8. The second-order valence-corrected chi connectivity index (χ2v) is 6.38. The van der Waals surface area contributed by atoms with Gasteiger partial charge >= 0.3 is 5.97 Å². The molecule has 0 saturated carbocycles. The minimum absolute atomic E-state index is 0.00572. The molecule has 0 aromatic rings. The number of hydrogen-bond acceptors (Lipinski definition) is 4. The third-order valence-corrected chi connectivity index (χ3v) is 4.23. The summed E-state index contributed by atoms with van der Waals surface area (Å²) in [4.78, 5) is 22.7. The Balaban J connectivity index is 3.42. The molecule has 1 unspecified atom stereocenters. The fourth-order valence-electron chi connectivity index (χ4n) is 2.65. The minimum atomic E-state index is -0.777. The van der Waals surface area contributed by atoms with Crippen LogP contribution in [0.25, 0.3) is 0 Å². The van der Waals surface area contributed by atoms with Gasteiger partial charge in [0.1, 0.15) is 6.10 Å². The molecule has 0 bridgehead atoms. The molecule has 4 nitrogen and oxygen atoms in total. The number of unbranched alkanes of at least 4 members (excludes halogenated alkanes) is 9. The minimum Gasteiger partial charge on any atom is -0.469 e. The highest BCUT2D eigenvalue weighted by atomic mass is 16.5. The quantitative estimate of drug-likeness (QED) is 0.333. The molecule has 0 amide bonds. The molecule has 1 N–H and O–H groups in total. The Morgan fingerprint density at radius 2 is 1.35 bits per heavy atom. The van der Waals surface area contributed by atoms with Crippen molar-refractivity contribution in [3.8, 4) is 0 Å². The molecule has 0 aromatic heterocycles. The van der Waals surface area contributed by atoms with Crippen LogP contribution in [0.3, 0.4) is 0 Å². The Morgan fingerprint density at radius 3 is 1.96 bits per heavy atom. The van der Waals surface area contributed by atoms with Crippen LogP contribution in [0.5, 0.6) is 0 Å². The van der Waals surface area contributed by atoms with Crippen molar-refractivity contribution >= 4 is 11.8 Å². The van der Waals surface area contributed by atoms with E-state index in [0.717, 1.165) is 44.9 Å². The molecule has 23 heavy (non-hydrogen) atoms.